The molecule has 102 valence electrons. The maximum atomic E-state index is 11.0. The Kier molecular flexibility index (Phi) is 3.94. The quantitative estimate of drug-likeness (QED) is 0.681. The number of carboxylic acid groups (broad SMARTS) is 1. The highest BCUT2D eigenvalue weighted by molar-refractivity contribution is 7.99. The van der Waals surface area contributed by atoms with Gasteiger partial charge in [0.25, 0.3) is 0 Å². The lowest BCUT2D eigenvalue weighted by atomic mass is 10.3. The fraction of sp³-hybridized carbons (Fsp3) is 0.0833. The normalized spacial score (nSPS) is 10.2. The predicted octanol–water partition coefficient (Wildman–Crippen LogP) is 2.54. The van der Waals surface area contributed by atoms with Crippen LogP contribution in [0.2, 0.25) is 0 Å². The third-order valence-electron chi connectivity index (χ3n) is 2.46. The minimum absolute atomic E-state index is 0.0674. The zero-order chi connectivity index (χ0) is 14.7. The number of aromatic nitrogens is 2. The SMILES string of the molecule is Cc1ccnc(Sc2cc(C(=O)O)ccn2)c1[N+](=O)[O-]. The van der Waals surface area contributed by atoms with Crippen LogP contribution in [0.25, 0.3) is 0 Å². The molecule has 2 rings (SSSR count). The number of nitrogens with zero attached hydrogens (tertiary/aromatic N) is 3. The fourth-order valence-electron chi connectivity index (χ4n) is 1.52. The molecule has 0 aliphatic rings. The van der Waals surface area contributed by atoms with E-state index in [-0.39, 0.29) is 16.3 Å². The van der Waals surface area contributed by atoms with Gasteiger partial charge in [0.05, 0.1) is 10.5 Å². The van der Waals surface area contributed by atoms with Gasteiger partial charge in [0.1, 0.15) is 5.03 Å². The number of aryl methyl sites for hydroxylation is 1. The maximum Gasteiger partial charge on any atom is 0.335 e. The Hall–Kier alpha value is -2.48. The molecule has 2 aromatic heterocycles. The van der Waals surface area contributed by atoms with E-state index in [4.69, 9.17) is 5.11 Å². The van der Waals surface area contributed by atoms with Gasteiger partial charge < -0.3 is 5.11 Å². The highest BCUT2D eigenvalue weighted by atomic mass is 32.2. The molecular formula is C12H9N3O4S. The number of nitro groups is 1. The van der Waals surface area contributed by atoms with Crippen LogP contribution in [0.4, 0.5) is 5.69 Å². The molecule has 8 heteroatoms. The highest BCUT2D eigenvalue weighted by Crippen LogP contribution is 2.33. The summed E-state index contributed by atoms with van der Waals surface area (Å²) in [6.07, 6.45) is 2.80. The molecule has 7 nitrogen and oxygen atoms in total. The topological polar surface area (TPSA) is 106 Å². The highest BCUT2D eigenvalue weighted by Gasteiger charge is 2.20. The van der Waals surface area contributed by atoms with Crippen LogP contribution in [0, 0.1) is 17.0 Å². The van der Waals surface area contributed by atoms with Gasteiger partial charge in [0.2, 0.25) is 0 Å². The molecular weight excluding hydrogens is 282 g/mol. The molecule has 1 N–H and O–H groups in total. The Balaban J connectivity index is 2.40. The van der Waals surface area contributed by atoms with Crippen molar-refractivity contribution < 1.29 is 14.8 Å². The molecule has 0 saturated heterocycles. The van der Waals surface area contributed by atoms with Crippen molar-refractivity contribution in [1.29, 1.82) is 0 Å². The molecule has 0 radical (unpaired) electrons. The van der Waals surface area contributed by atoms with E-state index < -0.39 is 10.9 Å². The summed E-state index contributed by atoms with van der Waals surface area (Å²) in [6.45, 7) is 1.62. The first kappa shape index (κ1) is 13.9. The zero-order valence-electron chi connectivity index (χ0n) is 10.3. The maximum absolute atomic E-state index is 11.0. The molecule has 0 bridgehead atoms. The molecule has 0 spiro atoms. The van der Waals surface area contributed by atoms with E-state index in [0.29, 0.717) is 10.6 Å². The molecule has 0 atom stereocenters. The van der Waals surface area contributed by atoms with Crippen molar-refractivity contribution in [2.24, 2.45) is 0 Å². The lowest BCUT2D eigenvalue weighted by molar-refractivity contribution is -0.388. The molecule has 20 heavy (non-hydrogen) atoms. The van der Waals surface area contributed by atoms with E-state index in [1.807, 2.05) is 0 Å². The van der Waals surface area contributed by atoms with Crippen LogP contribution in [0.15, 0.2) is 40.6 Å². The van der Waals surface area contributed by atoms with E-state index in [9.17, 15) is 14.9 Å². The summed E-state index contributed by atoms with van der Waals surface area (Å²) in [5.74, 6) is -1.08. The molecule has 0 fully saturated rings. The number of carboxylic acids is 1. The van der Waals surface area contributed by atoms with Crippen LogP contribution in [0.1, 0.15) is 15.9 Å². The van der Waals surface area contributed by atoms with Crippen LogP contribution in [0.3, 0.4) is 0 Å². The first-order valence-corrected chi connectivity index (χ1v) is 6.28. The third-order valence-corrected chi connectivity index (χ3v) is 3.38. The lowest BCUT2D eigenvalue weighted by Crippen LogP contribution is -1.98. The van der Waals surface area contributed by atoms with Crippen molar-refractivity contribution in [3.63, 3.8) is 0 Å². The Morgan fingerprint density at radius 3 is 2.70 bits per heavy atom. The second-order valence-corrected chi connectivity index (χ2v) is 4.84. The van der Waals surface area contributed by atoms with E-state index in [0.717, 1.165) is 11.8 Å². The van der Waals surface area contributed by atoms with Gasteiger partial charge in [0.15, 0.2) is 5.03 Å². The minimum atomic E-state index is -1.08. The molecule has 0 aliphatic carbocycles. The molecule has 0 aliphatic heterocycles. The lowest BCUT2D eigenvalue weighted by Gasteiger charge is -2.04. The number of rotatable bonds is 4. The van der Waals surface area contributed by atoms with Crippen LogP contribution in [-0.2, 0) is 0 Å². The van der Waals surface area contributed by atoms with Gasteiger partial charge in [-0.05, 0) is 36.9 Å². The molecule has 0 saturated carbocycles. The predicted molar refractivity (Wildman–Crippen MR) is 70.9 cm³/mol. The first-order chi connectivity index (χ1) is 9.49. The van der Waals surface area contributed by atoms with Crippen molar-refractivity contribution in [3.8, 4) is 0 Å². The largest absolute Gasteiger partial charge is 0.478 e. The summed E-state index contributed by atoms with van der Waals surface area (Å²) in [5, 5.41) is 20.5. The van der Waals surface area contributed by atoms with Crippen LogP contribution >= 0.6 is 11.8 Å². The van der Waals surface area contributed by atoms with Crippen molar-refractivity contribution in [3.05, 3.63) is 51.8 Å². The summed E-state index contributed by atoms with van der Waals surface area (Å²) in [5.41, 5.74) is 0.458. The Labute approximate surface area is 117 Å². The third kappa shape index (κ3) is 2.91. The van der Waals surface area contributed by atoms with Gasteiger partial charge >= 0.3 is 11.7 Å². The summed E-state index contributed by atoms with van der Waals surface area (Å²) in [4.78, 5) is 29.4. The molecule has 0 amide bonds. The summed E-state index contributed by atoms with van der Waals surface area (Å²) >= 11 is 0.961. The van der Waals surface area contributed by atoms with Crippen molar-refractivity contribution in [1.82, 2.24) is 9.97 Å². The Morgan fingerprint density at radius 1 is 1.35 bits per heavy atom. The van der Waals surface area contributed by atoms with Crippen molar-refractivity contribution in [2.75, 3.05) is 0 Å². The Bertz CT molecular complexity index is 690. The van der Waals surface area contributed by atoms with Crippen molar-refractivity contribution in [2.45, 2.75) is 17.0 Å². The van der Waals surface area contributed by atoms with Crippen LogP contribution in [-0.4, -0.2) is 26.0 Å². The smallest absolute Gasteiger partial charge is 0.335 e. The molecule has 0 aromatic carbocycles. The van der Waals surface area contributed by atoms with Gasteiger partial charge in [0, 0.05) is 18.0 Å². The number of hydrogen-bond donors (Lipinski definition) is 1. The van der Waals surface area contributed by atoms with Gasteiger partial charge in [-0.1, -0.05) is 0 Å². The van der Waals surface area contributed by atoms with E-state index >= 15 is 0 Å². The van der Waals surface area contributed by atoms with E-state index in [2.05, 4.69) is 9.97 Å². The monoisotopic (exact) mass is 291 g/mol. The van der Waals surface area contributed by atoms with Crippen LogP contribution < -0.4 is 0 Å². The number of hydrogen-bond acceptors (Lipinski definition) is 6. The standard InChI is InChI=1S/C12H9N3O4S/c1-7-2-4-14-11(10(7)15(18)19)20-9-6-8(12(16)17)3-5-13-9/h2-6H,1H3,(H,16,17). The number of aromatic carboxylic acids is 1. The summed E-state index contributed by atoms with van der Waals surface area (Å²) in [7, 11) is 0. The first-order valence-electron chi connectivity index (χ1n) is 5.46. The van der Waals surface area contributed by atoms with E-state index in [1.165, 1.54) is 24.5 Å². The van der Waals surface area contributed by atoms with Gasteiger partial charge in [-0.3, -0.25) is 10.1 Å². The number of pyridine rings is 2. The minimum Gasteiger partial charge on any atom is -0.478 e. The fourth-order valence-corrected chi connectivity index (χ4v) is 2.46. The van der Waals surface area contributed by atoms with E-state index in [1.54, 1.807) is 13.0 Å². The summed E-state index contributed by atoms with van der Waals surface area (Å²) < 4.78 is 0. The Morgan fingerprint density at radius 2 is 2.05 bits per heavy atom. The average molecular weight is 291 g/mol. The second-order valence-electron chi connectivity index (χ2n) is 3.83. The van der Waals surface area contributed by atoms with Crippen molar-refractivity contribution >= 4 is 23.4 Å². The molecule has 2 aromatic rings. The average Bonchev–Trinajstić information content (AvgIpc) is 2.38. The zero-order valence-corrected chi connectivity index (χ0v) is 11.1. The van der Waals surface area contributed by atoms with Gasteiger partial charge in [-0.15, -0.1) is 0 Å². The number of carbonyl (C=O) groups is 1. The summed E-state index contributed by atoms with van der Waals surface area (Å²) in [6, 6.07) is 4.24. The molecule has 0 unspecified atom stereocenters. The molecule has 2 heterocycles. The second kappa shape index (κ2) is 5.66. The van der Waals surface area contributed by atoms with Gasteiger partial charge in [-0.25, -0.2) is 14.8 Å². The van der Waals surface area contributed by atoms with Crippen LogP contribution in [0.5, 0.6) is 0 Å². The van der Waals surface area contributed by atoms with Gasteiger partial charge in [-0.2, -0.15) is 0 Å².